The maximum Gasteiger partial charge on any atom is 0.240 e. The fourth-order valence-corrected chi connectivity index (χ4v) is 4.30. The minimum atomic E-state index is -0.239. The number of ether oxygens (including phenoxy) is 2. The number of piperazine rings is 1. The lowest BCUT2D eigenvalue weighted by molar-refractivity contribution is -0.140. The van der Waals surface area contributed by atoms with Crippen LogP contribution in [-0.2, 0) is 17.8 Å². The number of amides is 1. The van der Waals surface area contributed by atoms with Crippen LogP contribution in [0.25, 0.3) is 11.1 Å². The van der Waals surface area contributed by atoms with Crippen LogP contribution in [0.2, 0.25) is 0 Å². The molecule has 3 aromatic rings. The molecule has 6 nitrogen and oxygen atoms in total. The van der Waals surface area contributed by atoms with E-state index in [9.17, 15) is 4.79 Å². The van der Waals surface area contributed by atoms with E-state index >= 15 is 0 Å². The molecule has 1 aliphatic heterocycles. The maximum absolute atomic E-state index is 13.2. The highest BCUT2D eigenvalue weighted by atomic mass is 16.5. The molecule has 1 fully saturated rings. The third-order valence-corrected chi connectivity index (χ3v) is 6.05. The summed E-state index contributed by atoms with van der Waals surface area (Å²) in [5.74, 6) is 1.57. The largest absolute Gasteiger partial charge is 0.493 e. The Hall–Kier alpha value is -3.38. The first-order chi connectivity index (χ1) is 15.6. The van der Waals surface area contributed by atoms with Gasteiger partial charge in [0.2, 0.25) is 5.91 Å². The van der Waals surface area contributed by atoms with Crippen molar-refractivity contribution in [3.05, 3.63) is 78.1 Å². The van der Waals surface area contributed by atoms with Crippen LogP contribution in [0, 0.1) is 0 Å². The Labute approximate surface area is 189 Å². The van der Waals surface area contributed by atoms with Gasteiger partial charge in [-0.25, -0.2) is 0 Å². The first-order valence-electron chi connectivity index (χ1n) is 10.8. The lowest BCUT2D eigenvalue weighted by Gasteiger charge is -2.39. The summed E-state index contributed by atoms with van der Waals surface area (Å²) in [4.78, 5) is 21.4. The van der Waals surface area contributed by atoms with Crippen LogP contribution in [0.3, 0.4) is 0 Å². The summed E-state index contributed by atoms with van der Waals surface area (Å²) in [6, 6.07) is 18.0. The van der Waals surface area contributed by atoms with E-state index in [2.05, 4.69) is 34.1 Å². The second kappa shape index (κ2) is 9.83. The number of carbonyl (C=O) groups is 1. The topological polar surface area (TPSA) is 54.9 Å². The van der Waals surface area contributed by atoms with Gasteiger partial charge in [-0.3, -0.25) is 14.7 Å². The Morgan fingerprint density at radius 3 is 2.50 bits per heavy atom. The number of rotatable bonds is 7. The average molecular weight is 432 g/mol. The number of pyridine rings is 1. The van der Waals surface area contributed by atoms with E-state index in [4.69, 9.17) is 9.47 Å². The molecule has 4 rings (SSSR count). The number of aromatic nitrogens is 1. The Morgan fingerprint density at radius 1 is 0.969 bits per heavy atom. The summed E-state index contributed by atoms with van der Waals surface area (Å²) in [5.41, 5.74) is 4.39. The molecule has 2 aromatic carbocycles. The zero-order valence-corrected chi connectivity index (χ0v) is 18.8. The molecule has 0 radical (unpaired) electrons. The molecule has 1 aliphatic rings. The Balaban J connectivity index is 1.60. The van der Waals surface area contributed by atoms with Gasteiger partial charge in [0.25, 0.3) is 0 Å². The number of likely N-dealkylation sites (N-methyl/N-ethyl adjacent to an activating group) is 1. The van der Waals surface area contributed by atoms with Gasteiger partial charge in [-0.15, -0.1) is 0 Å². The number of methoxy groups -OCH3 is 2. The van der Waals surface area contributed by atoms with Crippen molar-refractivity contribution in [1.82, 2.24) is 14.8 Å². The molecule has 1 aromatic heterocycles. The lowest BCUT2D eigenvalue weighted by Crippen LogP contribution is -2.56. The number of para-hydroxylation sites is 1. The van der Waals surface area contributed by atoms with E-state index in [0.29, 0.717) is 25.3 Å². The third-order valence-electron chi connectivity index (χ3n) is 6.05. The standard InChI is InChI=1S/C26H29N3O3/c1-28-14-15-29(18-22-8-5-9-24(31-2)25(22)32-3)23(26(28)30)17-19-6-4-7-21(16-19)20-10-12-27-13-11-20/h4-13,16,23H,14-15,17-18H2,1-3H3/t23-/m1/s1. The van der Waals surface area contributed by atoms with Crippen LogP contribution < -0.4 is 9.47 Å². The molecule has 1 atom stereocenters. The summed E-state index contributed by atoms with van der Waals surface area (Å²) < 4.78 is 11.1. The molecular weight excluding hydrogens is 402 g/mol. The van der Waals surface area contributed by atoms with Gasteiger partial charge >= 0.3 is 0 Å². The molecule has 166 valence electrons. The van der Waals surface area contributed by atoms with Gasteiger partial charge in [0.1, 0.15) is 0 Å². The van der Waals surface area contributed by atoms with Gasteiger partial charge in [0.05, 0.1) is 20.3 Å². The van der Waals surface area contributed by atoms with Crippen LogP contribution in [0.4, 0.5) is 0 Å². The molecule has 2 heterocycles. The normalized spacial score (nSPS) is 16.8. The summed E-state index contributed by atoms with van der Waals surface area (Å²) in [5, 5.41) is 0. The maximum atomic E-state index is 13.2. The number of hydrogen-bond acceptors (Lipinski definition) is 5. The highest BCUT2D eigenvalue weighted by Crippen LogP contribution is 2.32. The highest BCUT2D eigenvalue weighted by Gasteiger charge is 2.33. The molecule has 6 heteroatoms. The molecule has 0 aliphatic carbocycles. The van der Waals surface area contributed by atoms with Crippen molar-refractivity contribution >= 4 is 5.91 Å². The van der Waals surface area contributed by atoms with Crippen molar-refractivity contribution in [2.24, 2.45) is 0 Å². The van der Waals surface area contributed by atoms with Gasteiger partial charge in [0, 0.05) is 44.6 Å². The number of benzene rings is 2. The lowest BCUT2D eigenvalue weighted by atomic mass is 9.97. The van der Waals surface area contributed by atoms with Crippen molar-refractivity contribution in [3.8, 4) is 22.6 Å². The molecule has 0 N–H and O–H groups in total. The molecule has 32 heavy (non-hydrogen) atoms. The minimum absolute atomic E-state index is 0.146. The molecule has 1 amide bonds. The van der Waals surface area contributed by atoms with Gasteiger partial charge in [-0.2, -0.15) is 0 Å². The fourth-order valence-electron chi connectivity index (χ4n) is 4.30. The summed E-state index contributed by atoms with van der Waals surface area (Å²) in [7, 11) is 5.17. The molecule has 1 saturated heterocycles. The van der Waals surface area contributed by atoms with Gasteiger partial charge in [-0.1, -0.05) is 36.4 Å². The molecule has 0 bridgehead atoms. The smallest absolute Gasteiger partial charge is 0.240 e. The fraction of sp³-hybridized carbons (Fsp3) is 0.308. The molecule has 0 unspecified atom stereocenters. The first kappa shape index (κ1) is 21.8. The average Bonchev–Trinajstić information content (AvgIpc) is 2.84. The van der Waals surface area contributed by atoms with Gasteiger partial charge in [0.15, 0.2) is 11.5 Å². The van der Waals surface area contributed by atoms with E-state index in [-0.39, 0.29) is 11.9 Å². The van der Waals surface area contributed by atoms with Crippen LogP contribution in [-0.4, -0.2) is 61.1 Å². The van der Waals surface area contributed by atoms with Crippen LogP contribution in [0.15, 0.2) is 67.0 Å². The van der Waals surface area contributed by atoms with Crippen molar-refractivity contribution in [2.45, 2.75) is 19.0 Å². The zero-order chi connectivity index (χ0) is 22.5. The van der Waals surface area contributed by atoms with Crippen LogP contribution in [0.1, 0.15) is 11.1 Å². The summed E-state index contributed by atoms with van der Waals surface area (Å²) >= 11 is 0. The Bertz CT molecular complexity index is 1070. The SMILES string of the molecule is COc1cccc(CN2CCN(C)C(=O)[C@H]2Cc2cccc(-c3ccncc3)c2)c1OC. The molecule has 0 saturated carbocycles. The molecule has 0 spiro atoms. The quantitative estimate of drug-likeness (QED) is 0.572. The van der Waals surface area contributed by atoms with E-state index in [1.165, 1.54) is 0 Å². The van der Waals surface area contributed by atoms with Crippen molar-refractivity contribution in [1.29, 1.82) is 0 Å². The molecular formula is C26H29N3O3. The Kier molecular flexibility index (Phi) is 6.71. The van der Waals surface area contributed by atoms with Crippen LogP contribution in [0.5, 0.6) is 11.5 Å². The predicted molar refractivity (Wildman–Crippen MR) is 125 cm³/mol. The third kappa shape index (κ3) is 4.60. The van der Waals surface area contributed by atoms with Gasteiger partial charge < -0.3 is 14.4 Å². The van der Waals surface area contributed by atoms with E-state index in [1.54, 1.807) is 26.6 Å². The van der Waals surface area contributed by atoms with Crippen molar-refractivity contribution in [2.75, 3.05) is 34.4 Å². The van der Waals surface area contributed by atoms with Crippen LogP contribution >= 0.6 is 0 Å². The number of hydrogen-bond donors (Lipinski definition) is 0. The summed E-state index contributed by atoms with van der Waals surface area (Å²) in [6.07, 6.45) is 4.24. The van der Waals surface area contributed by atoms with E-state index in [1.807, 2.05) is 42.3 Å². The Morgan fingerprint density at radius 2 is 1.75 bits per heavy atom. The zero-order valence-electron chi connectivity index (χ0n) is 18.8. The highest BCUT2D eigenvalue weighted by molar-refractivity contribution is 5.83. The second-order valence-electron chi connectivity index (χ2n) is 8.04. The summed E-state index contributed by atoms with van der Waals surface area (Å²) in [6.45, 7) is 2.13. The number of nitrogens with zero attached hydrogens (tertiary/aromatic N) is 3. The van der Waals surface area contributed by atoms with E-state index in [0.717, 1.165) is 34.5 Å². The van der Waals surface area contributed by atoms with E-state index < -0.39 is 0 Å². The van der Waals surface area contributed by atoms with Crippen molar-refractivity contribution in [3.63, 3.8) is 0 Å². The second-order valence-corrected chi connectivity index (χ2v) is 8.04. The predicted octanol–water partition coefficient (Wildman–Crippen LogP) is 3.65. The number of carbonyl (C=O) groups excluding carboxylic acids is 1. The van der Waals surface area contributed by atoms with Gasteiger partial charge in [-0.05, 0) is 41.3 Å². The monoisotopic (exact) mass is 431 g/mol. The minimum Gasteiger partial charge on any atom is -0.493 e. The van der Waals surface area contributed by atoms with Crippen molar-refractivity contribution < 1.29 is 14.3 Å². The first-order valence-corrected chi connectivity index (χ1v) is 10.8.